The molecule has 6 nitrogen and oxygen atoms in total. The van der Waals surface area contributed by atoms with E-state index >= 15 is 0 Å². The lowest BCUT2D eigenvalue weighted by Gasteiger charge is -2.41. The van der Waals surface area contributed by atoms with Gasteiger partial charge in [-0.2, -0.15) is 5.10 Å². The van der Waals surface area contributed by atoms with Crippen molar-refractivity contribution in [3.8, 4) is 5.75 Å². The van der Waals surface area contributed by atoms with Crippen molar-refractivity contribution in [2.75, 3.05) is 26.8 Å². The number of hydrogen-bond donors (Lipinski definition) is 0. The van der Waals surface area contributed by atoms with E-state index in [2.05, 4.69) is 43.3 Å². The summed E-state index contributed by atoms with van der Waals surface area (Å²) in [5.41, 5.74) is 4.12. The van der Waals surface area contributed by atoms with E-state index in [-0.39, 0.29) is 5.97 Å². The second kappa shape index (κ2) is 9.86. The molecule has 170 valence electrons. The molecule has 2 heterocycles. The molecule has 31 heavy (non-hydrogen) atoms. The van der Waals surface area contributed by atoms with E-state index in [4.69, 9.17) is 14.6 Å². The number of hydrogen-bond acceptors (Lipinski definition) is 5. The van der Waals surface area contributed by atoms with Crippen molar-refractivity contribution in [1.29, 1.82) is 0 Å². The molecule has 2 aromatic rings. The Kier molecular flexibility index (Phi) is 7.42. The minimum Gasteiger partial charge on any atom is -0.497 e. The van der Waals surface area contributed by atoms with Gasteiger partial charge >= 0.3 is 5.97 Å². The van der Waals surface area contributed by atoms with E-state index in [0.717, 1.165) is 42.9 Å². The van der Waals surface area contributed by atoms with Gasteiger partial charge in [0.2, 0.25) is 0 Å². The van der Waals surface area contributed by atoms with Crippen LogP contribution in [0.4, 0.5) is 0 Å². The number of ether oxygens (including phenoxy) is 2. The highest BCUT2D eigenvalue weighted by atomic mass is 16.5. The number of piperidine rings is 1. The molecule has 1 aliphatic rings. The highest BCUT2D eigenvalue weighted by Gasteiger charge is 2.43. The number of methoxy groups -OCH3 is 1. The molecule has 1 aromatic heterocycles. The fourth-order valence-corrected chi connectivity index (χ4v) is 4.85. The van der Waals surface area contributed by atoms with Gasteiger partial charge in [-0.25, -0.2) is 0 Å². The van der Waals surface area contributed by atoms with E-state index in [1.807, 2.05) is 25.1 Å². The molecule has 0 aliphatic carbocycles. The van der Waals surface area contributed by atoms with Crippen LogP contribution in [0.1, 0.15) is 62.2 Å². The second-order valence-electron chi connectivity index (χ2n) is 9.03. The van der Waals surface area contributed by atoms with Gasteiger partial charge in [-0.3, -0.25) is 14.4 Å². The number of benzene rings is 1. The van der Waals surface area contributed by atoms with E-state index < -0.39 is 5.41 Å². The molecule has 1 aliphatic heterocycles. The Morgan fingerprint density at radius 3 is 2.71 bits per heavy atom. The maximum absolute atomic E-state index is 13.2. The average molecular weight is 428 g/mol. The van der Waals surface area contributed by atoms with E-state index in [1.54, 1.807) is 7.11 Å². The quantitative estimate of drug-likeness (QED) is 0.582. The second-order valence-corrected chi connectivity index (χ2v) is 9.03. The van der Waals surface area contributed by atoms with Crippen LogP contribution in [-0.2, 0) is 22.5 Å². The fourth-order valence-electron chi connectivity index (χ4n) is 4.85. The lowest BCUT2D eigenvalue weighted by molar-refractivity contribution is -0.159. The molecular weight excluding hydrogens is 390 g/mol. The third-order valence-electron chi connectivity index (χ3n) is 6.39. The SMILES string of the molecule is CCOC(=O)[C@]1(Cc2cccc(OC)c2)CCCN(Cc2c(C)nn(C(C)C)c2C)C1. The molecule has 1 aromatic carbocycles. The summed E-state index contributed by atoms with van der Waals surface area (Å²) >= 11 is 0. The summed E-state index contributed by atoms with van der Waals surface area (Å²) in [6, 6.07) is 8.36. The Bertz CT molecular complexity index is 905. The van der Waals surface area contributed by atoms with E-state index in [1.165, 1.54) is 11.3 Å². The molecule has 0 radical (unpaired) electrons. The van der Waals surface area contributed by atoms with Gasteiger partial charge in [-0.1, -0.05) is 12.1 Å². The van der Waals surface area contributed by atoms with Crippen LogP contribution < -0.4 is 4.74 Å². The van der Waals surface area contributed by atoms with Crippen molar-refractivity contribution in [2.24, 2.45) is 5.41 Å². The Morgan fingerprint density at radius 2 is 2.06 bits per heavy atom. The largest absolute Gasteiger partial charge is 0.497 e. The van der Waals surface area contributed by atoms with Crippen LogP contribution in [0.25, 0.3) is 0 Å². The third-order valence-corrected chi connectivity index (χ3v) is 6.39. The zero-order chi connectivity index (χ0) is 22.6. The zero-order valence-corrected chi connectivity index (χ0v) is 19.9. The molecule has 0 amide bonds. The monoisotopic (exact) mass is 427 g/mol. The third kappa shape index (κ3) is 5.12. The van der Waals surface area contributed by atoms with Crippen molar-refractivity contribution in [2.45, 2.75) is 66.5 Å². The van der Waals surface area contributed by atoms with Crippen LogP contribution in [0.15, 0.2) is 24.3 Å². The maximum Gasteiger partial charge on any atom is 0.313 e. The lowest BCUT2D eigenvalue weighted by atomic mass is 9.75. The predicted octanol–water partition coefficient (Wildman–Crippen LogP) is 4.48. The molecule has 1 fully saturated rings. The van der Waals surface area contributed by atoms with Crippen molar-refractivity contribution in [3.05, 3.63) is 46.8 Å². The minimum atomic E-state index is -0.545. The minimum absolute atomic E-state index is 0.0890. The predicted molar refractivity (Wildman–Crippen MR) is 122 cm³/mol. The number of carbonyl (C=O) groups is 1. The summed E-state index contributed by atoms with van der Waals surface area (Å²) in [7, 11) is 1.67. The van der Waals surface area contributed by atoms with E-state index in [9.17, 15) is 4.79 Å². The van der Waals surface area contributed by atoms with E-state index in [0.29, 0.717) is 25.6 Å². The standard InChI is InChI=1S/C25H37N3O3/c1-7-31-24(29)25(15-21-10-8-11-22(14-21)30-6)12-9-13-27(17-25)16-23-19(4)26-28(18(2)3)20(23)5/h8,10-11,14,18H,7,9,12-13,15-17H2,1-6H3/t25-/m0/s1. The fraction of sp³-hybridized carbons (Fsp3) is 0.600. The van der Waals surface area contributed by atoms with Crippen LogP contribution in [0.5, 0.6) is 5.75 Å². The summed E-state index contributed by atoms with van der Waals surface area (Å²) in [4.78, 5) is 15.6. The molecule has 1 atom stereocenters. The average Bonchev–Trinajstić information content (AvgIpc) is 3.03. The van der Waals surface area contributed by atoms with Crippen LogP contribution in [0.3, 0.4) is 0 Å². The van der Waals surface area contributed by atoms with Gasteiger partial charge in [0.05, 0.1) is 24.8 Å². The van der Waals surface area contributed by atoms with Gasteiger partial charge in [0.25, 0.3) is 0 Å². The number of rotatable bonds is 8. The first-order valence-electron chi connectivity index (χ1n) is 11.4. The molecule has 0 spiro atoms. The summed E-state index contributed by atoms with van der Waals surface area (Å²) < 4.78 is 13.1. The normalized spacial score (nSPS) is 19.6. The topological polar surface area (TPSA) is 56.6 Å². The molecule has 0 unspecified atom stereocenters. The van der Waals surface area contributed by atoms with Gasteiger partial charge in [-0.05, 0) is 78.1 Å². The zero-order valence-electron chi connectivity index (χ0n) is 19.9. The van der Waals surface area contributed by atoms with Gasteiger partial charge < -0.3 is 9.47 Å². The Morgan fingerprint density at radius 1 is 1.29 bits per heavy atom. The van der Waals surface area contributed by atoms with Crippen LogP contribution >= 0.6 is 0 Å². The smallest absolute Gasteiger partial charge is 0.313 e. The molecule has 1 saturated heterocycles. The summed E-state index contributed by atoms with van der Waals surface area (Å²) in [6.07, 6.45) is 2.46. The number of aryl methyl sites for hydroxylation is 1. The van der Waals surface area contributed by atoms with Crippen LogP contribution in [0.2, 0.25) is 0 Å². The van der Waals surface area contributed by atoms with Gasteiger partial charge in [0.15, 0.2) is 0 Å². The summed E-state index contributed by atoms with van der Waals surface area (Å²) in [5, 5.41) is 4.75. The van der Waals surface area contributed by atoms with Crippen LogP contribution in [0, 0.1) is 19.3 Å². The van der Waals surface area contributed by atoms with Crippen molar-refractivity contribution in [3.63, 3.8) is 0 Å². The van der Waals surface area contributed by atoms with Crippen molar-refractivity contribution >= 4 is 5.97 Å². The number of nitrogens with zero attached hydrogens (tertiary/aromatic N) is 3. The number of carbonyl (C=O) groups excluding carboxylic acids is 1. The molecule has 0 N–H and O–H groups in total. The highest BCUT2D eigenvalue weighted by molar-refractivity contribution is 5.78. The number of esters is 1. The van der Waals surface area contributed by atoms with Gasteiger partial charge in [0.1, 0.15) is 5.75 Å². The van der Waals surface area contributed by atoms with Crippen LogP contribution in [-0.4, -0.2) is 47.5 Å². The van der Waals surface area contributed by atoms with Gasteiger partial charge in [0, 0.05) is 30.4 Å². The molecular formula is C25H37N3O3. The summed E-state index contributed by atoms with van der Waals surface area (Å²) in [6.45, 7) is 13.3. The Labute approximate surface area is 186 Å². The number of aromatic nitrogens is 2. The number of likely N-dealkylation sites (tertiary alicyclic amines) is 1. The molecule has 0 bridgehead atoms. The molecule has 3 rings (SSSR count). The van der Waals surface area contributed by atoms with Crippen molar-refractivity contribution < 1.29 is 14.3 Å². The Balaban J connectivity index is 1.86. The molecule has 0 saturated carbocycles. The first kappa shape index (κ1) is 23.3. The first-order valence-corrected chi connectivity index (χ1v) is 11.4. The van der Waals surface area contributed by atoms with Gasteiger partial charge in [-0.15, -0.1) is 0 Å². The molecule has 6 heteroatoms. The summed E-state index contributed by atoms with van der Waals surface area (Å²) in [5.74, 6) is 0.727. The lowest BCUT2D eigenvalue weighted by Crippen LogP contribution is -2.49. The van der Waals surface area contributed by atoms with Crippen molar-refractivity contribution in [1.82, 2.24) is 14.7 Å². The highest BCUT2D eigenvalue weighted by Crippen LogP contribution is 2.37. The first-order chi connectivity index (χ1) is 14.8. The maximum atomic E-state index is 13.2. The Hall–Kier alpha value is -2.34.